The van der Waals surface area contributed by atoms with E-state index < -0.39 is 6.10 Å². The second-order valence-corrected chi connectivity index (χ2v) is 19.5. The van der Waals surface area contributed by atoms with Crippen LogP contribution >= 0.6 is 0 Å². The number of esters is 3. The summed E-state index contributed by atoms with van der Waals surface area (Å²) in [5.74, 6) is 0.0631. The molecule has 0 aromatic heterocycles. The van der Waals surface area contributed by atoms with E-state index in [0.717, 1.165) is 63.7 Å². The van der Waals surface area contributed by atoms with Crippen LogP contribution in [0.4, 0.5) is 0 Å². The maximum atomic E-state index is 12.7. The molecule has 0 fully saturated rings. The predicted octanol–water partition coefficient (Wildman–Crippen LogP) is 18.2. The SMILES string of the molecule is CCCCCCCCCCCCCCCCCC(=O)OC[C@@H](COC(=O)CCCCCCCCCCCCCCCCCCCCC(C)CC)OC(=O)CCCCCCCCC. The standard InChI is InChI=1S/C56H108O6/c1-5-8-10-12-14-15-16-17-22-26-29-32-36-39-43-47-54(57)60-50-53(62-56(59)49-45-41-34-13-11-9-6-2)51-61-55(58)48-44-40-37-33-30-27-24-21-19-18-20-23-25-28-31-35-38-42-46-52(4)7-3/h52-53H,5-51H2,1-4H3/t52?,53-/m0/s1. The van der Waals surface area contributed by atoms with Crippen LogP contribution in [0.2, 0.25) is 0 Å². The normalized spacial score (nSPS) is 12.4. The summed E-state index contributed by atoms with van der Waals surface area (Å²) in [5.41, 5.74) is 0. The van der Waals surface area contributed by atoms with Gasteiger partial charge in [-0.25, -0.2) is 0 Å². The molecule has 0 saturated heterocycles. The van der Waals surface area contributed by atoms with Gasteiger partial charge in [-0.1, -0.05) is 278 Å². The summed E-state index contributed by atoms with van der Waals surface area (Å²) in [6.45, 7) is 9.05. The largest absolute Gasteiger partial charge is 0.462 e. The van der Waals surface area contributed by atoms with Gasteiger partial charge in [0.05, 0.1) is 0 Å². The first-order valence-corrected chi connectivity index (χ1v) is 27.9. The molecule has 6 nitrogen and oxygen atoms in total. The van der Waals surface area contributed by atoms with E-state index >= 15 is 0 Å². The molecule has 2 atom stereocenters. The van der Waals surface area contributed by atoms with E-state index in [1.165, 1.54) is 212 Å². The van der Waals surface area contributed by atoms with E-state index in [2.05, 4.69) is 27.7 Å². The van der Waals surface area contributed by atoms with Crippen molar-refractivity contribution in [3.05, 3.63) is 0 Å². The van der Waals surface area contributed by atoms with E-state index in [1.54, 1.807) is 0 Å². The molecule has 1 unspecified atom stereocenters. The molecule has 0 saturated carbocycles. The molecule has 62 heavy (non-hydrogen) atoms. The van der Waals surface area contributed by atoms with Gasteiger partial charge in [-0.05, 0) is 25.2 Å². The fraction of sp³-hybridized carbons (Fsp3) is 0.946. The van der Waals surface area contributed by atoms with Gasteiger partial charge >= 0.3 is 17.9 Å². The molecule has 0 aliphatic heterocycles. The number of carbonyl (C=O) groups excluding carboxylic acids is 3. The third-order valence-corrected chi connectivity index (χ3v) is 13.2. The van der Waals surface area contributed by atoms with Crippen molar-refractivity contribution in [3.8, 4) is 0 Å². The van der Waals surface area contributed by atoms with Gasteiger partial charge < -0.3 is 14.2 Å². The first kappa shape index (κ1) is 60.4. The average Bonchev–Trinajstić information content (AvgIpc) is 3.27. The van der Waals surface area contributed by atoms with Crippen molar-refractivity contribution in [2.45, 2.75) is 323 Å². The molecule has 0 radical (unpaired) electrons. The number of rotatable bonds is 51. The smallest absolute Gasteiger partial charge is 0.306 e. The minimum atomic E-state index is -0.759. The van der Waals surface area contributed by atoms with Gasteiger partial charge in [-0.15, -0.1) is 0 Å². The van der Waals surface area contributed by atoms with Crippen LogP contribution in [0.15, 0.2) is 0 Å². The van der Waals surface area contributed by atoms with Crippen LogP contribution < -0.4 is 0 Å². The average molecular weight is 877 g/mol. The molecule has 0 heterocycles. The zero-order valence-corrected chi connectivity index (χ0v) is 42.3. The molecule has 0 rings (SSSR count). The number of hydrogen-bond acceptors (Lipinski definition) is 6. The molecule has 0 bridgehead atoms. The van der Waals surface area contributed by atoms with Crippen molar-refractivity contribution in [1.29, 1.82) is 0 Å². The quantitative estimate of drug-likeness (QED) is 0.0344. The fourth-order valence-corrected chi connectivity index (χ4v) is 8.54. The molecule has 0 aliphatic carbocycles. The first-order chi connectivity index (χ1) is 30.4. The molecule has 0 amide bonds. The zero-order valence-electron chi connectivity index (χ0n) is 42.3. The van der Waals surface area contributed by atoms with Crippen molar-refractivity contribution in [2.24, 2.45) is 5.92 Å². The van der Waals surface area contributed by atoms with Crippen LogP contribution in [0, 0.1) is 5.92 Å². The highest BCUT2D eigenvalue weighted by atomic mass is 16.6. The lowest BCUT2D eigenvalue weighted by Crippen LogP contribution is -2.30. The molecule has 0 N–H and O–H groups in total. The summed E-state index contributed by atoms with van der Waals surface area (Å²) in [6.07, 6.45) is 53.9. The monoisotopic (exact) mass is 877 g/mol. The van der Waals surface area contributed by atoms with Crippen LogP contribution in [0.3, 0.4) is 0 Å². The van der Waals surface area contributed by atoms with Gasteiger partial charge in [0, 0.05) is 19.3 Å². The lowest BCUT2D eigenvalue weighted by atomic mass is 9.99. The number of ether oxygens (including phenoxy) is 3. The second kappa shape index (κ2) is 50.4. The Morgan fingerprint density at radius 3 is 0.839 bits per heavy atom. The van der Waals surface area contributed by atoms with Crippen LogP contribution in [-0.4, -0.2) is 37.2 Å². The Kier molecular flexibility index (Phi) is 49.1. The van der Waals surface area contributed by atoms with Crippen LogP contribution in [0.1, 0.15) is 317 Å². The summed E-state index contributed by atoms with van der Waals surface area (Å²) < 4.78 is 16.8. The number of unbranched alkanes of at least 4 members (excludes halogenated alkanes) is 37. The van der Waals surface area contributed by atoms with Crippen molar-refractivity contribution >= 4 is 17.9 Å². The minimum Gasteiger partial charge on any atom is -0.462 e. The molecule has 0 aromatic rings. The molecule has 0 aromatic carbocycles. The van der Waals surface area contributed by atoms with Gasteiger partial charge in [-0.2, -0.15) is 0 Å². The third kappa shape index (κ3) is 47.9. The second-order valence-electron chi connectivity index (χ2n) is 19.5. The fourth-order valence-electron chi connectivity index (χ4n) is 8.54. The summed E-state index contributed by atoms with van der Waals surface area (Å²) in [6, 6.07) is 0. The lowest BCUT2D eigenvalue weighted by Gasteiger charge is -2.18. The van der Waals surface area contributed by atoms with E-state index in [9.17, 15) is 14.4 Å². The Balaban J connectivity index is 4.08. The predicted molar refractivity (Wildman–Crippen MR) is 266 cm³/mol. The van der Waals surface area contributed by atoms with Gasteiger partial charge in [0.25, 0.3) is 0 Å². The van der Waals surface area contributed by atoms with Crippen molar-refractivity contribution in [1.82, 2.24) is 0 Å². The first-order valence-electron chi connectivity index (χ1n) is 27.9. The molecule has 368 valence electrons. The Hall–Kier alpha value is -1.59. The van der Waals surface area contributed by atoms with Crippen LogP contribution in [0.5, 0.6) is 0 Å². The van der Waals surface area contributed by atoms with E-state index in [4.69, 9.17) is 14.2 Å². The highest BCUT2D eigenvalue weighted by Gasteiger charge is 2.19. The van der Waals surface area contributed by atoms with E-state index in [1.807, 2.05) is 0 Å². The highest BCUT2D eigenvalue weighted by molar-refractivity contribution is 5.71. The summed E-state index contributed by atoms with van der Waals surface area (Å²) >= 11 is 0. The minimum absolute atomic E-state index is 0.0629. The summed E-state index contributed by atoms with van der Waals surface area (Å²) in [4.78, 5) is 37.8. The van der Waals surface area contributed by atoms with Gasteiger partial charge in [0.1, 0.15) is 13.2 Å². The van der Waals surface area contributed by atoms with Crippen molar-refractivity contribution in [3.63, 3.8) is 0 Å². The van der Waals surface area contributed by atoms with Gasteiger partial charge in [0.2, 0.25) is 0 Å². The molecule has 0 aliphatic rings. The molecule has 6 heteroatoms. The number of carbonyl (C=O) groups is 3. The van der Waals surface area contributed by atoms with E-state index in [-0.39, 0.29) is 31.1 Å². The highest BCUT2D eigenvalue weighted by Crippen LogP contribution is 2.18. The summed E-state index contributed by atoms with van der Waals surface area (Å²) in [5, 5.41) is 0. The maximum absolute atomic E-state index is 12.7. The Bertz CT molecular complexity index is 935. The maximum Gasteiger partial charge on any atom is 0.306 e. The van der Waals surface area contributed by atoms with Crippen molar-refractivity contribution < 1.29 is 28.6 Å². The van der Waals surface area contributed by atoms with E-state index in [0.29, 0.717) is 19.3 Å². The zero-order chi connectivity index (χ0) is 45.2. The Morgan fingerprint density at radius 1 is 0.323 bits per heavy atom. The Morgan fingerprint density at radius 2 is 0.565 bits per heavy atom. The van der Waals surface area contributed by atoms with Crippen LogP contribution in [0.25, 0.3) is 0 Å². The number of hydrogen-bond donors (Lipinski definition) is 0. The summed E-state index contributed by atoms with van der Waals surface area (Å²) in [7, 11) is 0. The van der Waals surface area contributed by atoms with Crippen LogP contribution in [-0.2, 0) is 28.6 Å². The lowest BCUT2D eigenvalue weighted by molar-refractivity contribution is -0.167. The van der Waals surface area contributed by atoms with Crippen molar-refractivity contribution in [2.75, 3.05) is 13.2 Å². The van der Waals surface area contributed by atoms with Gasteiger partial charge in [-0.3, -0.25) is 14.4 Å². The molecule has 0 spiro atoms. The molecular weight excluding hydrogens is 769 g/mol. The Labute approximate surface area is 387 Å². The van der Waals surface area contributed by atoms with Gasteiger partial charge in [0.15, 0.2) is 6.10 Å². The topological polar surface area (TPSA) is 78.9 Å². The molecular formula is C56H108O6. The third-order valence-electron chi connectivity index (χ3n) is 13.2.